The molecule has 0 aliphatic rings. The molecule has 0 aromatic heterocycles. The van der Waals surface area contributed by atoms with Crippen molar-refractivity contribution in [1.82, 2.24) is 0 Å². The molecular formula is C13H11F6NO. The number of halogens is 6. The molecule has 0 bridgehead atoms. The van der Waals surface area contributed by atoms with E-state index in [-0.39, 0.29) is 17.3 Å². The van der Waals surface area contributed by atoms with E-state index < -0.39 is 35.7 Å². The lowest BCUT2D eigenvalue weighted by Crippen LogP contribution is -2.13. The summed E-state index contributed by atoms with van der Waals surface area (Å²) in [5.74, 6) is -0.678. The molecule has 0 saturated carbocycles. The van der Waals surface area contributed by atoms with Crippen LogP contribution in [0.25, 0.3) is 0 Å². The van der Waals surface area contributed by atoms with E-state index in [9.17, 15) is 31.1 Å². The van der Waals surface area contributed by atoms with E-state index in [2.05, 4.69) is 0 Å². The number of hydrogen-bond donors (Lipinski definition) is 1. The van der Waals surface area contributed by atoms with Crippen molar-refractivity contribution in [2.75, 3.05) is 0 Å². The lowest BCUT2D eigenvalue weighted by Gasteiger charge is -2.13. The van der Waals surface area contributed by atoms with E-state index in [1.165, 1.54) is 6.92 Å². The topological polar surface area (TPSA) is 43.1 Å². The highest BCUT2D eigenvalue weighted by atomic mass is 19.4. The van der Waals surface area contributed by atoms with Crippen LogP contribution in [0, 0.1) is 0 Å². The summed E-state index contributed by atoms with van der Waals surface area (Å²) < 4.78 is 75.6. The Bertz CT molecular complexity index is 535. The van der Waals surface area contributed by atoms with Crippen molar-refractivity contribution in [3.05, 3.63) is 46.7 Å². The number of nitrogens with two attached hydrogens (primary N) is 1. The summed E-state index contributed by atoms with van der Waals surface area (Å²) >= 11 is 0. The van der Waals surface area contributed by atoms with E-state index in [0.29, 0.717) is 12.1 Å². The number of rotatable bonds is 3. The van der Waals surface area contributed by atoms with Crippen molar-refractivity contribution >= 4 is 5.78 Å². The molecule has 0 spiro atoms. The molecule has 1 rings (SSSR count). The van der Waals surface area contributed by atoms with Crippen molar-refractivity contribution in [3.8, 4) is 0 Å². The SMILES string of the molecule is C/C(N)=C/C(=O)Cc1cc(C(F)(F)F)cc(C(F)(F)F)c1. The Labute approximate surface area is 116 Å². The van der Waals surface area contributed by atoms with Gasteiger partial charge in [0.15, 0.2) is 5.78 Å². The van der Waals surface area contributed by atoms with Gasteiger partial charge in [-0.05, 0) is 36.8 Å². The first-order valence-corrected chi connectivity index (χ1v) is 5.64. The van der Waals surface area contributed by atoms with E-state index in [0.717, 1.165) is 6.08 Å². The van der Waals surface area contributed by atoms with Gasteiger partial charge in [0.1, 0.15) is 0 Å². The van der Waals surface area contributed by atoms with Crippen LogP contribution in [0.3, 0.4) is 0 Å². The van der Waals surface area contributed by atoms with Gasteiger partial charge in [0.2, 0.25) is 0 Å². The summed E-state index contributed by atoms with van der Waals surface area (Å²) in [4.78, 5) is 11.4. The Kier molecular flexibility index (Phi) is 4.70. The highest BCUT2D eigenvalue weighted by molar-refractivity contribution is 5.91. The number of ketones is 1. The van der Waals surface area contributed by atoms with E-state index in [4.69, 9.17) is 5.73 Å². The molecular weight excluding hydrogens is 300 g/mol. The van der Waals surface area contributed by atoms with Crippen molar-refractivity contribution in [2.24, 2.45) is 5.73 Å². The first-order valence-electron chi connectivity index (χ1n) is 5.64. The lowest BCUT2D eigenvalue weighted by atomic mass is 10.0. The van der Waals surface area contributed by atoms with Crippen LogP contribution in [0.15, 0.2) is 30.0 Å². The highest BCUT2D eigenvalue weighted by Crippen LogP contribution is 2.36. The molecule has 0 aliphatic heterocycles. The summed E-state index contributed by atoms with van der Waals surface area (Å²) in [5.41, 5.74) is 2.06. The fourth-order valence-electron chi connectivity index (χ4n) is 1.63. The minimum absolute atomic E-state index is 0.0119. The fraction of sp³-hybridized carbons (Fsp3) is 0.308. The van der Waals surface area contributed by atoms with E-state index in [1.54, 1.807) is 0 Å². The number of allylic oxidation sites excluding steroid dienone is 2. The van der Waals surface area contributed by atoms with Gasteiger partial charge in [0, 0.05) is 12.1 Å². The number of alkyl halides is 6. The second kappa shape index (κ2) is 5.79. The third-order valence-electron chi connectivity index (χ3n) is 2.41. The van der Waals surface area contributed by atoms with Gasteiger partial charge in [0.25, 0.3) is 0 Å². The summed E-state index contributed by atoms with van der Waals surface area (Å²) in [7, 11) is 0. The molecule has 1 aromatic carbocycles. The zero-order chi connectivity index (χ0) is 16.4. The molecule has 0 atom stereocenters. The van der Waals surface area contributed by atoms with Gasteiger partial charge in [-0.3, -0.25) is 4.79 Å². The van der Waals surface area contributed by atoms with Crippen LogP contribution in [0.1, 0.15) is 23.6 Å². The molecule has 2 nitrogen and oxygen atoms in total. The normalized spacial score (nSPS) is 13.4. The third kappa shape index (κ3) is 5.13. The van der Waals surface area contributed by atoms with Gasteiger partial charge in [-0.15, -0.1) is 0 Å². The number of carbonyl (C=O) groups is 1. The van der Waals surface area contributed by atoms with Crippen molar-refractivity contribution in [2.45, 2.75) is 25.7 Å². The zero-order valence-electron chi connectivity index (χ0n) is 10.8. The van der Waals surface area contributed by atoms with Crippen LogP contribution >= 0.6 is 0 Å². The summed E-state index contributed by atoms with van der Waals surface area (Å²) in [6.45, 7) is 1.38. The average Bonchev–Trinajstić information content (AvgIpc) is 2.24. The van der Waals surface area contributed by atoms with Gasteiger partial charge >= 0.3 is 12.4 Å². The Morgan fingerprint density at radius 2 is 1.48 bits per heavy atom. The van der Waals surface area contributed by atoms with Crippen LogP contribution < -0.4 is 5.73 Å². The Balaban J connectivity index is 3.26. The Morgan fingerprint density at radius 1 is 1.05 bits per heavy atom. The maximum atomic E-state index is 12.6. The summed E-state index contributed by atoms with van der Waals surface area (Å²) in [6, 6.07) is 1.05. The van der Waals surface area contributed by atoms with Crippen molar-refractivity contribution in [3.63, 3.8) is 0 Å². The minimum Gasteiger partial charge on any atom is -0.402 e. The van der Waals surface area contributed by atoms with Crippen LogP contribution in [0.4, 0.5) is 26.3 Å². The average molecular weight is 311 g/mol. The molecule has 2 N–H and O–H groups in total. The quantitative estimate of drug-likeness (QED) is 0.683. The van der Waals surface area contributed by atoms with Crippen molar-refractivity contribution < 1.29 is 31.1 Å². The van der Waals surface area contributed by atoms with Gasteiger partial charge < -0.3 is 5.73 Å². The molecule has 0 heterocycles. The first kappa shape index (κ1) is 17.1. The predicted octanol–water partition coefficient (Wildman–Crippen LogP) is 3.70. The molecule has 116 valence electrons. The predicted molar refractivity (Wildman–Crippen MR) is 63.1 cm³/mol. The Hall–Kier alpha value is -1.99. The summed E-state index contributed by atoms with van der Waals surface area (Å²) in [6.07, 6.45) is -9.51. The van der Waals surface area contributed by atoms with Gasteiger partial charge in [0.05, 0.1) is 11.1 Å². The van der Waals surface area contributed by atoms with Crippen molar-refractivity contribution in [1.29, 1.82) is 0 Å². The molecule has 0 aliphatic carbocycles. The van der Waals surface area contributed by atoms with Crippen LogP contribution in [-0.4, -0.2) is 5.78 Å². The minimum atomic E-state index is -4.93. The van der Waals surface area contributed by atoms with Crippen LogP contribution in [0.2, 0.25) is 0 Å². The van der Waals surface area contributed by atoms with Gasteiger partial charge in [-0.25, -0.2) is 0 Å². The second-order valence-corrected chi connectivity index (χ2v) is 4.45. The van der Waals surface area contributed by atoms with Crippen LogP contribution in [-0.2, 0) is 23.6 Å². The number of carbonyl (C=O) groups excluding carboxylic acids is 1. The standard InChI is InChI=1S/C13H11F6NO/c1-7(20)2-11(21)5-8-3-9(12(14,15)16)6-10(4-8)13(17,18)19/h2-4,6H,5,20H2,1H3/b7-2-. The highest BCUT2D eigenvalue weighted by Gasteiger charge is 2.36. The molecule has 8 heteroatoms. The van der Waals surface area contributed by atoms with Gasteiger partial charge in [-0.2, -0.15) is 26.3 Å². The molecule has 1 aromatic rings. The number of benzene rings is 1. The molecule has 0 radical (unpaired) electrons. The van der Waals surface area contributed by atoms with Gasteiger partial charge in [-0.1, -0.05) is 0 Å². The fourth-order valence-corrected chi connectivity index (χ4v) is 1.63. The number of hydrogen-bond acceptors (Lipinski definition) is 2. The molecule has 21 heavy (non-hydrogen) atoms. The Morgan fingerprint density at radius 3 is 1.81 bits per heavy atom. The van der Waals surface area contributed by atoms with E-state index in [1.807, 2.05) is 0 Å². The monoisotopic (exact) mass is 311 g/mol. The maximum absolute atomic E-state index is 12.6. The zero-order valence-corrected chi connectivity index (χ0v) is 10.8. The molecule has 0 fully saturated rings. The smallest absolute Gasteiger partial charge is 0.402 e. The second-order valence-electron chi connectivity index (χ2n) is 4.45. The maximum Gasteiger partial charge on any atom is 0.416 e. The van der Waals surface area contributed by atoms with E-state index >= 15 is 0 Å². The molecule has 0 amide bonds. The third-order valence-corrected chi connectivity index (χ3v) is 2.41. The largest absolute Gasteiger partial charge is 0.416 e. The first-order chi connectivity index (χ1) is 9.39. The molecule has 0 unspecified atom stereocenters. The molecule has 0 saturated heterocycles. The van der Waals surface area contributed by atoms with Crippen LogP contribution in [0.5, 0.6) is 0 Å². The lowest BCUT2D eigenvalue weighted by molar-refractivity contribution is -0.143. The summed E-state index contributed by atoms with van der Waals surface area (Å²) in [5, 5.41) is 0.